The molecule has 4 nitrogen and oxygen atoms in total. The number of piperidine rings is 1. The number of carbonyl (C=O) groups is 2. The van der Waals surface area contributed by atoms with E-state index in [-0.39, 0.29) is 17.8 Å². The molecule has 0 aliphatic carbocycles. The summed E-state index contributed by atoms with van der Waals surface area (Å²) < 4.78 is 4.69. The lowest BCUT2D eigenvalue weighted by atomic mass is 9.98. The van der Waals surface area contributed by atoms with Gasteiger partial charge >= 0.3 is 5.97 Å². The number of hydrogen-bond acceptors (Lipinski definition) is 3. The third-order valence-electron chi connectivity index (χ3n) is 2.62. The number of rotatable bonds is 3. The smallest absolute Gasteiger partial charge is 0.310 e. The number of nitrogens with zero attached hydrogens (tertiary/aromatic N) is 1. The zero-order chi connectivity index (χ0) is 11.3. The fourth-order valence-electron chi connectivity index (χ4n) is 1.80. The number of hydrogen-bond donors (Lipinski definition) is 0. The van der Waals surface area contributed by atoms with E-state index in [2.05, 4.69) is 15.9 Å². The zero-order valence-corrected chi connectivity index (χ0v) is 10.5. The highest BCUT2D eigenvalue weighted by atomic mass is 79.9. The molecule has 1 saturated heterocycles. The van der Waals surface area contributed by atoms with E-state index >= 15 is 0 Å². The Labute approximate surface area is 98.1 Å². The standard InChI is InChI=1S/C10H16BrNO3/c1-15-10(14)8-3-2-6-12(7-8)9(13)4-5-11/h8H,2-7H2,1H3. The minimum Gasteiger partial charge on any atom is -0.469 e. The Bertz CT molecular complexity index is 245. The largest absolute Gasteiger partial charge is 0.469 e. The molecule has 1 aliphatic rings. The number of carbonyl (C=O) groups excluding carboxylic acids is 2. The lowest BCUT2D eigenvalue weighted by Crippen LogP contribution is -2.42. The van der Waals surface area contributed by atoms with Gasteiger partial charge in [-0.05, 0) is 12.8 Å². The maximum absolute atomic E-state index is 11.6. The van der Waals surface area contributed by atoms with Crippen molar-refractivity contribution in [1.82, 2.24) is 4.90 Å². The summed E-state index contributed by atoms with van der Waals surface area (Å²) in [5.41, 5.74) is 0. The second kappa shape index (κ2) is 6.10. The van der Waals surface area contributed by atoms with Gasteiger partial charge in [-0.2, -0.15) is 0 Å². The van der Waals surface area contributed by atoms with Crippen LogP contribution in [0.25, 0.3) is 0 Å². The second-order valence-electron chi connectivity index (χ2n) is 3.64. The fraction of sp³-hybridized carbons (Fsp3) is 0.800. The maximum Gasteiger partial charge on any atom is 0.310 e. The van der Waals surface area contributed by atoms with E-state index in [1.807, 2.05) is 0 Å². The molecule has 0 spiro atoms. The molecule has 1 rings (SSSR count). The van der Waals surface area contributed by atoms with Crippen LogP contribution in [0.4, 0.5) is 0 Å². The van der Waals surface area contributed by atoms with Gasteiger partial charge < -0.3 is 9.64 Å². The SMILES string of the molecule is COC(=O)C1CCCN(C(=O)CCBr)C1. The van der Waals surface area contributed by atoms with Crippen molar-refractivity contribution in [1.29, 1.82) is 0 Å². The van der Waals surface area contributed by atoms with Crippen LogP contribution in [0.1, 0.15) is 19.3 Å². The number of likely N-dealkylation sites (tertiary alicyclic amines) is 1. The summed E-state index contributed by atoms with van der Waals surface area (Å²) in [6.07, 6.45) is 2.20. The van der Waals surface area contributed by atoms with E-state index in [0.717, 1.165) is 19.4 Å². The van der Waals surface area contributed by atoms with Crippen LogP contribution in [-0.2, 0) is 14.3 Å². The predicted octanol–water partition coefficient (Wildman–Crippen LogP) is 1.18. The Hall–Kier alpha value is -0.580. The molecule has 1 unspecified atom stereocenters. The Morgan fingerprint density at radius 1 is 1.53 bits per heavy atom. The van der Waals surface area contributed by atoms with E-state index in [1.54, 1.807) is 4.90 Å². The first-order chi connectivity index (χ1) is 7.19. The highest BCUT2D eigenvalue weighted by molar-refractivity contribution is 9.09. The normalized spacial score (nSPS) is 21.2. The van der Waals surface area contributed by atoms with Gasteiger partial charge in [-0.3, -0.25) is 9.59 Å². The first kappa shape index (κ1) is 12.5. The van der Waals surface area contributed by atoms with Gasteiger partial charge in [0.15, 0.2) is 0 Å². The van der Waals surface area contributed by atoms with Crippen molar-refractivity contribution < 1.29 is 14.3 Å². The maximum atomic E-state index is 11.6. The van der Waals surface area contributed by atoms with Crippen molar-refractivity contribution >= 4 is 27.8 Å². The molecule has 0 radical (unpaired) electrons. The number of halogens is 1. The monoisotopic (exact) mass is 277 g/mol. The minimum absolute atomic E-state index is 0.112. The average Bonchev–Trinajstić information content (AvgIpc) is 2.28. The number of methoxy groups -OCH3 is 1. The first-order valence-corrected chi connectivity index (χ1v) is 6.22. The zero-order valence-electron chi connectivity index (χ0n) is 8.87. The van der Waals surface area contributed by atoms with Gasteiger partial charge in [0, 0.05) is 24.8 Å². The first-order valence-electron chi connectivity index (χ1n) is 5.10. The van der Waals surface area contributed by atoms with E-state index in [1.165, 1.54) is 7.11 Å². The van der Waals surface area contributed by atoms with Gasteiger partial charge in [-0.15, -0.1) is 0 Å². The molecule has 1 heterocycles. The minimum atomic E-state index is -0.202. The van der Waals surface area contributed by atoms with Gasteiger partial charge in [-0.1, -0.05) is 15.9 Å². The van der Waals surface area contributed by atoms with Gasteiger partial charge in [0.1, 0.15) is 0 Å². The summed E-state index contributed by atoms with van der Waals surface area (Å²) in [5, 5.41) is 0.672. The predicted molar refractivity (Wildman–Crippen MR) is 59.7 cm³/mol. The molecule has 0 N–H and O–H groups in total. The fourth-order valence-corrected chi connectivity index (χ4v) is 2.14. The molecule has 86 valence electrons. The molecule has 0 bridgehead atoms. The molecule has 0 saturated carbocycles. The van der Waals surface area contributed by atoms with Crippen molar-refractivity contribution in [3.63, 3.8) is 0 Å². The second-order valence-corrected chi connectivity index (χ2v) is 4.43. The number of alkyl halides is 1. The summed E-state index contributed by atoms with van der Waals surface area (Å²) in [7, 11) is 1.39. The summed E-state index contributed by atoms with van der Waals surface area (Å²) in [4.78, 5) is 24.7. The molecular formula is C10H16BrNO3. The highest BCUT2D eigenvalue weighted by Crippen LogP contribution is 2.18. The molecular weight excluding hydrogens is 262 g/mol. The van der Waals surface area contributed by atoms with E-state index in [9.17, 15) is 9.59 Å². The Balaban J connectivity index is 2.48. The molecule has 1 amide bonds. The Morgan fingerprint density at radius 2 is 2.27 bits per heavy atom. The van der Waals surface area contributed by atoms with E-state index in [0.29, 0.717) is 18.3 Å². The van der Waals surface area contributed by atoms with Crippen LogP contribution in [0.2, 0.25) is 0 Å². The molecule has 5 heteroatoms. The molecule has 1 atom stereocenters. The van der Waals surface area contributed by atoms with Crippen molar-refractivity contribution in [2.75, 3.05) is 25.5 Å². The van der Waals surface area contributed by atoms with Gasteiger partial charge in [0.05, 0.1) is 13.0 Å². The summed E-state index contributed by atoms with van der Waals surface area (Å²) in [5.74, 6) is -0.227. The van der Waals surface area contributed by atoms with Crippen molar-refractivity contribution in [3.05, 3.63) is 0 Å². The lowest BCUT2D eigenvalue weighted by molar-refractivity contribution is -0.148. The molecule has 1 fully saturated rings. The molecule has 1 aliphatic heterocycles. The van der Waals surface area contributed by atoms with Crippen molar-refractivity contribution in [2.45, 2.75) is 19.3 Å². The van der Waals surface area contributed by atoms with E-state index in [4.69, 9.17) is 4.74 Å². The highest BCUT2D eigenvalue weighted by Gasteiger charge is 2.28. The van der Waals surface area contributed by atoms with Crippen LogP contribution in [-0.4, -0.2) is 42.3 Å². The van der Waals surface area contributed by atoms with Crippen molar-refractivity contribution in [2.24, 2.45) is 5.92 Å². The molecule has 0 aromatic rings. The summed E-state index contributed by atoms with van der Waals surface area (Å²) in [6, 6.07) is 0. The third kappa shape index (κ3) is 3.48. The van der Waals surface area contributed by atoms with Crippen LogP contribution in [0.3, 0.4) is 0 Å². The topological polar surface area (TPSA) is 46.6 Å². The Morgan fingerprint density at radius 3 is 2.87 bits per heavy atom. The molecule has 15 heavy (non-hydrogen) atoms. The molecule has 0 aromatic heterocycles. The summed E-state index contributed by atoms with van der Waals surface area (Å²) in [6.45, 7) is 1.28. The van der Waals surface area contributed by atoms with E-state index < -0.39 is 0 Å². The third-order valence-corrected chi connectivity index (χ3v) is 3.01. The van der Waals surface area contributed by atoms with Crippen LogP contribution in [0.5, 0.6) is 0 Å². The van der Waals surface area contributed by atoms with Crippen LogP contribution in [0.15, 0.2) is 0 Å². The lowest BCUT2D eigenvalue weighted by Gasteiger charge is -2.31. The quantitative estimate of drug-likeness (QED) is 0.575. The summed E-state index contributed by atoms with van der Waals surface area (Å²) >= 11 is 3.24. The van der Waals surface area contributed by atoms with Crippen molar-refractivity contribution in [3.8, 4) is 0 Å². The number of esters is 1. The Kier molecular flexibility index (Phi) is 5.08. The van der Waals surface area contributed by atoms with Crippen LogP contribution >= 0.6 is 15.9 Å². The van der Waals surface area contributed by atoms with Gasteiger partial charge in [0.25, 0.3) is 0 Å². The van der Waals surface area contributed by atoms with Gasteiger partial charge in [-0.25, -0.2) is 0 Å². The van der Waals surface area contributed by atoms with Gasteiger partial charge in [0.2, 0.25) is 5.91 Å². The number of amides is 1. The number of ether oxygens (including phenoxy) is 1. The van der Waals surface area contributed by atoms with Crippen LogP contribution < -0.4 is 0 Å². The van der Waals surface area contributed by atoms with Crippen LogP contribution in [0, 0.1) is 5.92 Å². The molecule has 0 aromatic carbocycles. The average molecular weight is 278 g/mol.